The Balaban J connectivity index is 2.22. The number of nitrogens with two attached hydrogens (primary N) is 3. The minimum absolute atomic E-state index is 0.0210. The average Bonchev–Trinajstić information content (AvgIpc) is 3.28. The first kappa shape index (κ1) is 27.1. The molecule has 2 amide bonds. The van der Waals surface area contributed by atoms with Gasteiger partial charge in [-0.1, -0.05) is 12.1 Å². The Labute approximate surface area is 210 Å². The summed E-state index contributed by atoms with van der Waals surface area (Å²) in [6, 6.07) is 10.4. The summed E-state index contributed by atoms with van der Waals surface area (Å²) in [4.78, 5) is 29.4. The summed E-state index contributed by atoms with van der Waals surface area (Å²) < 4.78 is 60.2. The van der Waals surface area contributed by atoms with Crippen molar-refractivity contribution in [3.8, 4) is 11.1 Å². The zero-order valence-electron chi connectivity index (χ0n) is 19.2. The molecule has 37 heavy (non-hydrogen) atoms. The fourth-order valence-corrected chi connectivity index (χ4v) is 3.66. The number of furan rings is 1. The Morgan fingerprint density at radius 2 is 1.62 bits per heavy atom. The van der Waals surface area contributed by atoms with E-state index in [9.17, 15) is 26.4 Å². The third-order valence-corrected chi connectivity index (χ3v) is 5.10. The van der Waals surface area contributed by atoms with E-state index in [1.165, 1.54) is 18.4 Å². The van der Waals surface area contributed by atoms with Gasteiger partial charge >= 0.3 is 10.1 Å². The number of aliphatic imine (C=N–C) groups is 1. The lowest BCUT2D eigenvalue weighted by atomic mass is 9.96. The van der Waals surface area contributed by atoms with Gasteiger partial charge in [-0.3, -0.25) is 13.9 Å². The predicted molar refractivity (Wildman–Crippen MR) is 131 cm³/mol. The van der Waals surface area contributed by atoms with Crippen LogP contribution in [0, 0.1) is 0 Å². The number of carbonyl (C=O) groups is 2. The van der Waals surface area contributed by atoms with E-state index in [4.69, 9.17) is 21.6 Å². The molecule has 0 aliphatic carbocycles. The largest absolute Gasteiger partial charge is 0.464 e. The summed E-state index contributed by atoms with van der Waals surface area (Å²) in [5.74, 6) is -3.81. The maximum Gasteiger partial charge on any atom is 0.325 e. The number of benzene rings is 2. The van der Waals surface area contributed by atoms with E-state index in [1.807, 2.05) is 0 Å². The number of carbonyl (C=O) groups excluding carboxylic acids is 2. The van der Waals surface area contributed by atoms with Crippen molar-refractivity contribution in [1.29, 1.82) is 0 Å². The number of oxime groups is 1. The summed E-state index contributed by atoms with van der Waals surface area (Å²) in [6.07, 6.45) is 2.67. The molecule has 0 atom stereocenters. The van der Waals surface area contributed by atoms with Gasteiger partial charge in [0.15, 0.2) is 5.96 Å². The quantitative estimate of drug-likeness (QED) is 0.200. The summed E-state index contributed by atoms with van der Waals surface area (Å²) >= 11 is 0. The van der Waals surface area contributed by atoms with Crippen LogP contribution in [0.15, 0.2) is 63.3 Å². The SMILES string of the molecule is CS(=O)(=O)O/N=C(\N)N(OS(C)(=O)=O)C(=O)c1cc(C(=O)N=C(N)N)cc(-c2cccc3occc23)c1. The van der Waals surface area contributed by atoms with E-state index in [-0.39, 0.29) is 16.2 Å². The molecular weight excluding hydrogens is 532 g/mol. The molecule has 3 rings (SSSR count). The van der Waals surface area contributed by atoms with Crippen molar-refractivity contribution in [1.82, 2.24) is 5.06 Å². The maximum absolute atomic E-state index is 13.3. The van der Waals surface area contributed by atoms with E-state index in [0.717, 1.165) is 6.07 Å². The van der Waals surface area contributed by atoms with Gasteiger partial charge in [-0.2, -0.15) is 21.8 Å². The summed E-state index contributed by atoms with van der Waals surface area (Å²) in [5.41, 5.74) is 17.0. The lowest BCUT2D eigenvalue weighted by molar-refractivity contribution is 0.0190. The molecule has 0 fully saturated rings. The first-order valence-electron chi connectivity index (χ1n) is 9.86. The Morgan fingerprint density at radius 1 is 0.946 bits per heavy atom. The van der Waals surface area contributed by atoms with Gasteiger partial charge in [-0.25, -0.2) is 0 Å². The molecule has 0 spiro atoms. The van der Waals surface area contributed by atoms with E-state index >= 15 is 0 Å². The molecule has 0 saturated carbocycles. The third kappa shape index (κ3) is 7.03. The van der Waals surface area contributed by atoms with Crippen molar-refractivity contribution in [2.75, 3.05) is 12.5 Å². The Bertz CT molecular complexity index is 1660. The van der Waals surface area contributed by atoms with E-state index in [1.54, 1.807) is 24.3 Å². The Kier molecular flexibility index (Phi) is 7.51. The highest BCUT2D eigenvalue weighted by molar-refractivity contribution is 7.86. The van der Waals surface area contributed by atoms with Gasteiger partial charge in [-0.05, 0) is 46.6 Å². The van der Waals surface area contributed by atoms with Crippen molar-refractivity contribution in [3.05, 3.63) is 59.9 Å². The van der Waals surface area contributed by atoms with Gasteiger partial charge in [0.25, 0.3) is 27.9 Å². The molecule has 1 heterocycles. The number of nitrogens with zero attached hydrogens (tertiary/aromatic N) is 3. The van der Waals surface area contributed by atoms with E-state index in [2.05, 4.69) is 18.7 Å². The molecule has 17 heteroatoms. The molecule has 0 bridgehead atoms. The van der Waals surface area contributed by atoms with Crippen molar-refractivity contribution in [2.24, 2.45) is 27.3 Å². The molecule has 1 aromatic heterocycles. The van der Waals surface area contributed by atoms with Gasteiger partial charge < -0.3 is 21.6 Å². The molecule has 0 saturated heterocycles. The fourth-order valence-electron chi connectivity index (χ4n) is 3.03. The number of fused-ring (bicyclic) bond motifs is 1. The number of hydroxylamine groups is 2. The second-order valence-corrected chi connectivity index (χ2v) is 10.5. The van der Waals surface area contributed by atoms with E-state index in [0.29, 0.717) is 34.6 Å². The molecule has 6 N–H and O–H groups in total. The molecule has 15 nitrogen and oxygen atoms in total. The monoisotopic (exact) mass is 552 g/mol. The van der Waals surface area contributed by atoms with Crippen LogP contribution < -0.4 is 17.2 Å². The normalized spacial score (nSPS) is 12.2. The number of hydrogen-bond donors (Lipinski definition) is 3. The van der Waals surface area contributed by atoms with Crippen LogP contribution in [0.1, 0.15) is 20.7 Å². The first-order chi connectivity index (χ1) is 17.1. The van der Waals surface area contributed by atoms with Crippen LogP contribution in [0.4, 0.5) is 0 Å². The van der Waals surface area contributed by atoms with Crippen LogP contribution in [0.3, 0.4) is 0 Å². The standard InChI is InChI=1S/C20H20N6O9S2/c1-36(29,30)34-25-20(23)26(35-37(2,31)32)18(28)13-9-11(8-12(10-13)17(27)24-19(21)22)14-4-3-5-16-15(14)6-7-33-16/h3-10H,1-2H3,(H2,23,25)(H4,21,22,24,27). The van der Waals surface area contributed by atoms with Crippen LogP contribution in [0.2, 0.25) is 0 Å². The zero-order chi connectivity index (χ0) is 27.5. The highest BCUT2D eigenvalue weighted by atomic mass is 32.2. The highest BCUT2D eigenvalue weighted by Crippen LogP contribution is 2.31. The summed E-state index contributed by atoms with van der Waals surface area (Å²) in [5, 5.41) is 3.63. The van der Waals surface area contributed by atoms with Crippen LogP contribution >= 0.6 is 0 Å². The molecular formula is C20H20N6O9S2. The Morgan fingerprint density at radius 3 is 2.24 bits per heavy atom. The van der Waals surface area contributed by atoms with Crippen LogP contribution in [-0.2, 0) is 28.8 Å². The first-order valence-corrected chi connectivity index (χ1v) is 13.5. The van der Waals surface area contributed by atoms with Crippen LogP contribution in [0.5, 0.6) is 0 Å². The van der Waals surface area contributed by atoms with E-state index < -0.39 is 44.0 Å². The Hall–Kier alpha value is -4.48. The second kappa shape index (κ2) is 10.2. The van der Waals surface area contributed by atoms with Gasteiger partial charge in [0.2, 0.25) is 0 Å². The van der Waals surface area contributed by atoms with Crippen LogP contribution in [-0.4, -0.2) is 58.1 Å². The predicted octanol–water partition coefficient (Wildman–Crippen LogP) is 0.0527. The lowest BCUT2D eigenvalue weighted by Crippen LogP contribution is -2.43. The molecule has 0 radical (unpaired) electrons. The highest BCUT2D eigenvalue weighted by Gasteiger charge is 2.28. The third-order valence-electron chi connectivity index (χ3n) is 4.33. The molecule has 2 aromatic carbocycles. The zero-order valence-corrected chi connectivity index (χ0v) is 20.8. The molecule has 0 aliphatic rings. The lowest BCUT2D eigenvalue weighted by Gasteiger charge is -2.19. The summed E-state index contributed by atoms with van der Waals surface area (Å²) in [6.45, 7) is 0. The maximum atomic E-state index is 13.3. The number of rotatable bonds is 7. The van der Waals surface area contributed by atoms with Gasteiger partial charge in [0.1, 0.15) is 5.58 Å². The number of hydrogen-bond acceptors (Lipinski definition) is 10. The molecule has 3 aromatic rings. The second-order valence-electron chi connectivity index (χ2n) is 7.39. The summed E-state index contributed by atoms with van der Waals surface area (Å²) in [7, 11) is -8.57. The van der Waals surface area contributed by atoms with Crippen molar-refractivity contribution < 1.29 is 39.4 Å². The topological polar surface area (TPSA) is 240 Å². The minimum atomic E-state index is -4.40. The van der Waals surface area contributed by atoms with Crippen molar-refractivity contribution in [3.63, 3.8) is 0 Å². The molecule has 196 valence electrons. The fraction of sp³-hybridized carbons (Fsp3) is 0.100. The van der Waals surface area contributed by atoms with Crippen LogP contribution in [0.25, 0.3) is 22.1 Å². The minimum Gasteiger partial charge on any atom is -0.464 e. The van der Waals surface area contributed by atoms with Crippen molar-refractivity contribution in [2.45, 2.75) is 0 Å². The smallest absolute Gasteiger partial charge is 0.325 e. The average molecular weight is 553 g/mol. The van der Waals surface area contributed by atoms with Gasteiger partial charge in [-0.15, -0.1) is 9.35 Å². The van der Waals surface area contributed by atoms with Gasteiger partial charge in [0.05, 0.1) is 18.8 Å². The van der Waals surface area contributed by atoms with Gasteiger partial charge in [0, 0.05) is 16.5 Å². The molecule has 0 aliphatic heterocycles. The van der Waals surface area contributed by atoms with Crippen molar-refractivity contribution >= 4 is 54.9 Å². The number of guanidine groups is 2. The molecule has 0 unspecified atom stereocenters. The number of amides is 2.